The van der Waals surface area contributed by atoms with Crippen LogP contribution in [0.5, 0.6) is 0 Å². The molecule has 2 rings (SSSR count). The van der Waals surface area contributed by atoms with Crippen LogP contribution in [0.1, 0.15) is 52.7 Å². The fraction of sp³-hybridized carbons (Fsp3) is 0.588. The van der Waals surface area contributed by atoms with Crippen LogP contribution >= 0.6 is 0 Å². The molecule has 3 nitrogen and oxygen atoms in total. The molecule has 0 heterocycles. The minimum atomic E-state index is 0.0300. The average Bonchev–Trinajstić information content (AvgIpc) is 2.88. The topological polar surface area (TPSA) is 55.1 Å². The van der Waals surface area contributed by atoms with Crippen molar-refractivity contribution in [2.75, 3.05) is 6.54 Å². The van der Waals surface area contributed by atoms with Gasteiger partial charge < -0.3 is 11.1 Å². The molecule has 1 aliphatic carbocycles. The maximum Gasteiger partial charge on any atom is 0.252 e. The quantitative estimate of drug-likeness (QED) is 0.887. The van der Waals surface area contributed by atoms with Gasteiger partial charge in [0.2, 0.25) is 0 Å². The Kier molecular flexibility index (Phi) is 4.81. The number of carbonyl (C=O) groups is 1. The van der Waals surface area contributed by atoms with Crippen molar-refractivity contribution in [2.24, 2.45) is 11.7 Å². The van der Waals surface area contributed by atoms with Gasteiger partial charge in [-0.25, -0.2) is 0 Å². The van der Waals surface area contributed by atoms with E-state index >= 15 is 0 Å². The van der Waals surface area contributed by atoms with Crippen LogP contribution in [0.4, 0.5) is 0 Å². The minimum Gasteiger partial charge on any atom is -0.348 e. The molecule has 0 radical (unpaired) electrons. The molecule has 0 aromatic heterocycles. The van der Waals surface area contributed by atoms with Gasteiger partial charge in [-0.1, -0.05) is 30.5 Å². The van der Waals surface area contributed by atoms with Gasteiger partial charge in [0.1, 0.15) is 0 Å². The predicted molar refractivity (Wildman–Crippen MR) is 82.9 cm³/mol. The second kappa shape index (κ2) is 6.40. The first-order valence-electron chi connectivity index (χ1n) is 7.61. The summed E-state index contributed by atoms with van der Waals surface area (Å²) in [7, 11) is 0. The summed E-state index contributed by atoms with van der Waals surface area (Å²) in [5.74, 6) is 0.581. The number of benzene rings is 1. The Morgan fingerprint density at radius 3 is 2.30 bits per heavy atom. The van der Waals surface area contributed by atoms with E-state index in [1.807, 2.05) is 13.8 Å². The lowest BCUT2D eigenvalue weighted by Crippen LogP contribution is -2.45. The molecule has 1 aromatic carbocycles. The molecule has 1 atom stereocenters. The highest BCUT2D eigenvalue weighted by atomic mass is 16.1. The number of hydrogen-bond acceptors (Lipinski definition) is 2. The van der Waals surface area contributed by atoms with E-state index in [0.717, 1.165) is 16.7 Å². The van der Waals surface area contributed by atoms with E-state index in [0.29, 0.717) is 12.5 Å². The van der Waals surface area contributed by atoms with E-state index in [1.54, 1.807) is 0 Å². The summed E-state index contributed by atoms with van der Waals surface area (Å²) in [4.78, 5) is 12.6. The van der Waals surface area contributed by atoms with Crippen LogP contribution in [0.2, 0.25) is 0 Å². The van der Waals surface area contributed by atoms with E-state index < -0.39 is 0 Å². The third kappa shape index (κ3) is 3.21. The first-order chi connectivity index (χ1) is 9.52. The van der Waals surface area contributed by atoms with Crippen LogP contribution in [0.3, 0.4) is 0 Å². The summed E-state index contributed by atoms with van der Waals surface area (Å²) >= 11 is 0. The Bertz CT molecular complexity index is 467. The van der Waals surface area contributed by atoms with Gasteiger partial charge in [-0.05, 0) is 50.7 Å². The minimum absolute atomic E-state index is 0.0300. The number of hydrogen-bond donors (Lipinski definition) is 2. The molecule has 20 heavy (non-hydrogen) atoms. The van der Waals surface area contributed by atoms with Crippen molar-refractivity contribution in [2.45, 2.75) is 52.5 Å². The van der Waals surface area contributed by atoms with Crippen molar-refractivity contribution >= 4 is 5.91 Å². The van der Waals surface area contributed by atoms with Crippen molar-refractivity contribution in [1.82, 2.24) is 5.32 Å². The Labute approximate surface area is 121 Å². The largest absolute Gasteiger partial charge is 0.348 e. The molecule has 0 saturated heterocycles. The Morgan fingerprint density at radius 1 is 1.25 bits per heavy atom. The van der Waals surface area contributed by atoms with Crippen molar-refractivity contribution < 1.29 is 4.79 Å². The molecule has 1 saturated carbocycles. The Balaban J connectivity index is 2.14. The zero-order chi connectivity index (χ0) is 14.7. The standard InChI is InChI=1S/C17H26N2O/c1-11-8-12(2)16(13(3)9-11)17(20)19-15(10-18)14-6-4-5-7-14/h8-9,14-15H,4-7,10,18H2,1-3H3,(H,19,20). The van der Waals surface area contributed by atoms with E-state index in [9.17, 15) is 4.79 Å². The zero-order valence-electron chi connectivity index (χ0n) is 12.8. The molecule has 110 valence electrons. The van der Waals surface area contributed by atoms with Crippen LogP contribution in [0, 0.1) is 26.7 Å². The van der Waals surface area contributed by atoms with Crippen LogP contribution in [-0.2, 0) is 0 Å². The second-order valence-electron chi connectivity index (χ2n) is 6.13. The number of nitrogens with two attached hydrogens (primary N) is 1. The maximum atomic E-state index is 12.6. The highest BCUT2D eigenvalue weighted by Crippen LogP contribution is 2.27. The number of amides is 1. The maximum absolute atomic E-state index is 12.6. The molecule has 0 aliphatic heterocycles. The van der Waals surface area contributed by atoms with Gasteiger partial charge in [-0.2, -0.15) is 0 Å². The lowest BCUT2D eigenvalue weighted by molar-refractivity contribution is 0.0923. The van der Waals surface area contributed by atoms with Crippen molar-refractivity contribution in [1.29, 1.82) is 0 Å². The molecule has 1 aliphatic rings. The number of carbonyl (C=O) groups excluding carboxylic acids is 1. The summed E-state index contributed by atoms with van der Waals surface area (Å²) in [6.45, 7) is 6.59. The summed E-state index contributed by atoms with van der Waals surface area (Å²) in [6, 6.07) is 4.24. The lowest BCUT2D eigenvalue weighted by Gasteiger charge is -2.24. The van der Waals surface area contributed by atoms with Crippen molar-refractivity contribution in [3.05, 3.63) is 34.4 Å². The molecule has 3 heteroatoms. The molecule has 1 amide bonds. The Hall–Kier alpha value is -1.35. The molecule has 1 fully saturated rings. The Morgan fingerprint density at radius 2 is 1.80 bits per heavy atom. The molecule has 1 unspecified atom stereocenters. The second-order valence-corrected chi connectivity index (χ2v) is 6.13. The van der Waals surface area contributed by atoms with Gasteiger partial charge in [0, 0.05) is 18.2 Å². The van der Waals surface area contributed by atoms with Gasteiger partial charge >= 0.3 is 0 Å². The van der Waals surface area contributed by atoms with E-state index in [1.165, 1.54) is 31.2 Å². The van der Waals surface area contributed by atoms with Gasteiger partial charge in [0.05, 0.1) is 0 Å². The number of nitrogens with one attached hydrogen (secondary N) is 1. The lowest BCUT2D eigenvalue weighted by atomic mass is 9.95. The molecule has 1 aromatic rings. The normalized spacial score (nSPS) is 17.2. The van der Waals surface area contributed by atoms with Crippen LogP contribution in [0.15, 0.2) is 12.1 Å². The average molecular weight is 274 g/mol. The molecular weight excluding hydrogens is 248 g/mol. The molecular formula is C17H26N2O. The van der Waals surface area contributed by atoms with E-state index in [2.05, 4.69) is 24.4 Å². The first-order valence-corrected chi connectivity index (χ1v) is 7.61. The zero-order valence-corrected chi connectivity index (χ0v) is 12.8. The van der Waals surface area contributed by atoms with Crippen LogP contribution in [0.25, 0.3) is 0 Å². The van der Waals surface area contributed by atoms with Crippen molar-refractivity contribution in [3.63, 3.8) is 0 Å². The summed E-state index contributed by atoms with van der Waals surface area (Å²) in [5.41, 5.74) is 9.96. The van der Waals surface area contributed by atoms with E-state index in [-0.39, 0.29) is 11.9 Å². The molecule has 0 bridgehead atoms. The smallest absolute Gasteiger partial charge is 0.252 e. The van der Waals surface area contributed by atoms with Gasteiger partial charge in [0.25, 0.3) is 5.91 Å². The summed E-state index contributed by atoms with van der Waals surface area (Å²) < 4.78 is 0. The summed E-state index contributed by atoms with van der Waals surface area (Å²) in [5, 5.41) is 3.16. The monoisotopic (exact) mass is 274 g/mol. The van der Waals surface area contributed by atoms with Crippen LogP contribution < -0.4 is 11.1 Å². The first kappa shape index (κ1) is 15.0. The molecule has 3 N–H and O–H groups in total. The fourth-order valence-electron chi connectivity index (χ4n) is 3.51. The predicted octanol–water partition coefficient (Wildman–Crippen LogP) is 2.86. The van der Waals surface area contributed by atoms with Gasteiger partial charge in [-0.3, -0.25) is 4.79 Å². The number of rotatable bonds is 4. The van der Waals surface area contributed by atoms with Crippen molar-refractivity contribution in [3.8, 4) is 0 Å². The van der Waals surface area contributed by atoms with E-state index in [4.69, 9.17) is 5.73 Å². The summed E-state index contributed by atoms with van der Waals surface area (Å²) in [6.07, 6.45) is 4.90. The molecule has 0 spiro atoms. The third-order valence-electron chi connectivity index (χ3n) is 4.44. The third-order valence-corrected chi connectivity index (χ3v) is 4.44. The van der Waals surface area contributed by atoms with Gasteiger partial charge in [0.15, 0.2) is 0 Å². The highest BCUT2D eigenvalue weighted by Gasteiger charge is 2.26. The highest BCUT2D eigenvalue weighted by molar-refractivity contribution is 5.97. The van der Waals surface area contributed by atoms with Gasteiger partial charge in [-0.15, -0.1) is 0 Å². The SMILES string of the molecule is Cc1cc(C)c(C(=O)NC(CN)C2CCCC2)c(C)c1. The fourth-order valence-corrected chi connectivity index (χ4v) is 3.51. The van der Waals surface area contributed by atoms with Crippen LogP contribution in [-0.4, -0.2) is 18.5 Å². The number of aryl methyl sites for hydroxylation is 3.